The first-order valence-corrected chi connectivity index (χ1v) is 11.6. The first kappa shape index (κ1) is 23.6. The van der Waals surface area contributed by atoms with E-state index in [2.05, 4.69) is 10.3 Å². The van der Waals surface area contributed by atoms with Crippen LogP contribution in [0, 0.1) is 11.7 Å². The van der Waals surface area contributed by atoms with E-state index in [1.807, 2.05) is 34.6 Å². The van der Waals surface area contributed by atoms with E-state index in [1.165, 1.54) is 23.9 Å². The minimum atomic E-state index is -0.583. The average molecular weight is 450 g/mol. The maximum Gasteiger partial charge on any atom is 0.410 e. The number of carbonyl (C=O) groups excluding carboxylic acids is 2. The molecule has 2 aliphatic rings. The van der Waals surface area contributed by atoms with Crippen molar-refractivity contribution in [1.82, 2.24) is 10.2 Å². The highest BCUT2D eigenvalue weighted by molar-refractivity contribution is 8.16. The number of hydrogen-bond acceptors (Lipinski definition) is 5. The molecule has 170 valence electrons. The summed E-state index contributed by atoms with van der Waals surface area (Å²) in [6, 6.07) is 6.08. The van der Waals surface area contributed by atoms with Crippen LogP contribution in [0.5, 0.6) is 0 Å². The largest absolute Gasteiger partial charge is 0.444 e. The molecule has 3 rings (SSSR count). The predicted octanol–water partition coefficient (Wildman–Crippen LogP) is 4.90. The quantitative estimate of drug-likeness (QED) is 0.710. The summed E-state index contributed by atoms with van der Waals surface area (Å²) in [4.78, 5) is 31.4. The summed E-state index contributed by atoms with van der Waals surface area (Å²) in [5, 5.41) is 3.52. The highest BCUT2D eigenvalue weighted by Crippen LogP contribution is 2.40. The van der Waals surface area contributed by atoms with Crippen molar-refractivity contribution in [3.05, 3.63) is 35.6 Å². The van der Waals surface area contributed by atoms with E-state index in [1.54, 1.807) is 17.0 Å². The molecule has 2 unspecified atom stereocenters. The Kier molecular flexibility index (Phi) is 6.98. The maximum atomic E-state index is 13.1. The van der Waals surface area contributed by atoms with Crippen LogP contribution in [0.4, 0.5) is 9.18 Å². The van der Waals surface area contributed by atoms with Crippen molar-refractivity contribution in [2.75, 3.05) is 13.1 Å². The van der Waals surface area contributed by atoms with Crippen molar-refractivity contribution in [1.29, 1.82) is 0 Å². The van der Waals surface area contributed by atoms with E-state index < -0.39 is 10.3 Å². The molecule has 0 saturated carbocycles. The Morgan fingerprint density at radius 2 is 1.94 bits per heavy atom. The van der Waals surface area contributed by atoms with Crippen LogP contribution in [0.1, 0.15) is 65.5 Å². The van der Waals surface area contributed by atoms with E-state index in [9.17, 15) is 14.0 Å². The Morgan fingerprint density at radius 3 is 2.52 bits per heavy atom. The van der Waals surface area contributed by atoms with Gasteiger partial charge in [-0.2, -0.15) is 0 Å². The normalized spacial score (nSPS) is 24.9. The molecule has 31 heavy (non-hydrogen) atoms. The Bertz CT molecular complexity index is 845. The molecule has 8 heteroatoms. The standard InChI is InChI=1S/C23H32FN3O3S/c1-15(17-6-8-18(24)9-7-17)25-20-26-19(28)23(5,31-20)14-16-10-12-27(13-11-16)21(29)30-22(2,3)4/h6-9,15-16H,10-14H2,1-5H3,(H,25,26,28). The molecule has 0 spiro atoms. The van der Waals surface area contributed by atoms with E-state index in [0.29, 0.717) is 24.2 Å². The van der Waals surface area contributed by atoms with Crippen LogP contribution in [-0.4, -0.2) is 45.5 Å². The lowest BCUT2D eigenvalue weighted by molar-refractivity contribution is -0.121. The van der Waals surface area contributed by atoms with Crippen molar-refractivity contribution in [3.63, 3.8) is 0 Å². The van der Waals surface area contributed by atoms with E-state index in [4.69, 9.17) is 4.74 Å². The number of amides is 2. The number of amidine groups is 1. The summed E-state index contributed by atoms with van der Waals surface area (Å²) in [5.41, 5.74) is 0.396. The minimum Gasteiger partial charge on any atom is -0.444 e. The molecule has 1 aromatic carbocycles. The molecule has 0 aliphatic carbocycles. The number of aliphatic imine (C=N–C) groups is 1. The fourth-order valence-corrected chi connectivity index (χ4v) is 5.14. The molecule has 0 radical (unpaired) electrons. The number of likely N-dealkylation sites (tertiary alicyclic amines) is 1. The minimum absolute atomic E-state index is 0.0304. The fourth-order valence-electron chi connectivity index (χ4n) is 3.90. The van der Waals surface area contributed by atoms with Gasteiger partial charge in [-0.05, 0) is 77.5 Å². The number of carbonyl (C=O) groups is 2. The van der Waals surface area contributed by atoms with Crippen molar-refractivity contribution in [2.24, 2.45) is 10.9 Å². The molecular weight excluding hydrogens is 417 g/mol. The molecule has 1 aromatic rings. The second-order valence-electron chi connectivity index (χ2n) is 9.56. The van der Waals surface area contributed by atoms with Crippen LogP contribution in [0.2, 0.25) is 0 Å². The first-order valence-electron chi connectivity index (χ1n) is 10.8. The monoisotopic (exact) mass is 449 g/mol. The summed E-state index contributed by atoms with van der Waals surface area (Å²) >= 11 is 1.47. The molecule has 2 atom stereocenters. The zero-order chi connectivity index (χ0) is 22.8. The summed E-state index contributed by atoms with van der Waals surface area (Å²) in [6.07, 6.45) is 2.16. The predicted molar refractivity (Wildman–Crippen MR) is 122 cm³/mol. The van der Waals surface area contributed by atoms with Gasteiger partial charge in [0.25, 0.3) is 0 Å². The fraction of sp³-hybridized carbons (Fsp3) is 0.609. The van der Waals surface area contributed by atoms with Crippen molar-refractivity contribution in [3.8, 4) is 0 Å². The lowest BCUT2D eigenvalue weighted by Crippen LogP contribution is -2.43. The maximum absolute atomic E-state index is 13.1. The molecule has 0 bridgehead atoms. The number of benzene rings is 1. The Hall–Kier alpha value is -2.09. The SMILES string of the molecule is CC(N=C1NC(=O)C(C)(CC2CCN(C(=O)OC(C)(C)C)CC2)S1)c1ccc(F)cc1. The van der Waals surface area contributed by atoms with Crippen molar-refractivity contribution in [2.45, 2.75) is 70.3 Å². The highest BCUT2D eigenvalue weighted by Gasteiger charge is 2.44. The van der Waals surface area contributed by atoms with Crippen molar-refractivity contribution >= 4 is 28.9 Å². The third-order valence-electron chi connectivity index (χ3n) is 5.63. The topological polar surface area (TPSA) is 71.0 Å². The number of nitrogens with zero attached hydrogens (tertiary/aromatic N) is 2. The van der Waals surface area contributed by atoms with Gasteiger partial charge in [0.05, 0.1) is 10.8 Å². The number of halogens is 1. The molecule has 2 heterocycles. The number of piperidine rings is 1. The van der Waals surface area contributed by atoms with Gasteiger partial charge in [0.2, 0.25) is 5.91 Å². The van der Waals surface area contributed by atoms with Gasteiger partial charge in [0, 0.05) is 13.1 Å². The smallest absolute Gasteiger partial charge is 0.410 e. The molecule has 0 aromatic heterocycles. The lowest BCUT2D eigenvalue weighted by atomic mass is 9.87. The molecule has 2 aliphatic heterocycles. The Morgan fingerprint density at radius 1 is 1.32 bits per heavy atom. The van der Waals surface area contributed by atoms with Gasteiger partial charge in [0.1, 0.15) is 11.4 Å². The number of ether oxygens (including phenoxy) is 1. The Balaban J connectivity index is 1.56. The van der Waals surface area contributed by atoms with Gasteiger partial charge in [-0.1, -0.05) is 23.9 Å². The zero-order valence-electron chi connectivity index (χ0n) is 18.9. The van der Waals surface area contributed by atoms with Gasteiger partial charge >= 0.3 is 6.09 Å². The summed E-state index contributed by atoms with van der Waals surface area (Å²) in [7, 11) is 0. The summed E-state index contributed by atoms with van der Waals surface area (Å²) in [6.45, 7) is 10.8. The summed E-state index contributed by atoms with van der Waals surface area (Å²) in [5.74, 6) is 0.0466. The molecule has 1 N–H and O–H groups in total. The second kappa shape index (κ2) is 9.18. The van der Waals surface area contributed by atoms with Gasteiger partial charge in [-0.25, -0.2) is 9.18 Å². The van der Waals surface area contributed by atoms with E-state index in [0.717, 1.165) is 24.8 Å². The number of nitrogens with one attached hydrogen (secondary N) is 1. The average Bonchev–Trinajstić information content (AvgIpc) is 2.94. The first-order chi connectivity index (χ1) is 14.4. The molecule has 2 amide bonds. The van der Waals surface area contributed by atoms with E-state index >= 15 is 0 Å². The zero-order valence-corrected chi connectivity index (χ0v) is 19.7. The van der Waals surface area contributed by atoms with Gasteiger partial charge < -0.3 is 15.0 Å². The number of rotatable bonds is 4. The van der Waals surface area contributed by atoms with Crippen LogP contribution in [-0.2, 0) is 9.53 Å². The molecule has 2 fully saturated rings. The number of hydrogen-bond donors (Lipinski definition) is 1. The second-order valence-corrected chi connectivity index (χ2v) is 11.1. The van der Waals surface area contributed by atoms with Crippen LogP contribution in [0.25, 0.3) is 0 Å². The van der Waals surface area contributed by atoms with Gasteiger partial charge in [-0.15, -0.1) is 0 Å². The molecular formula is C23H32FN3O3S. The van der Waals surface area contributed by atoms with Gasteiger partial charge in [0.15, 0.2) is 5.17 Å². The lowest BCUT2D eigenvalue weighted by Gasteiger charge is -2.35. The molecule has 2 saturated heterocycles. The molecule has 6 nitrogen and oxygen atoms in total. The van der Waals surface area contributed by atoms with Gasteiger partial charge in [-0.3, -0.25) is 9.79 Å². The van der Waals surface area contributed by atoms with Crippen LogP contribution >= 0.6 is 11.8 Å². The highest BCUT2D eigenvalue weighted by atomic mass is 32.2. The Labute approximate surface area is 188 Å². The van der Waals surface area contributed by atoms with Crippen LogP contribution in [0.15, 0.2) is 29.3 Å². The third-order valence-corrected chi connectivity index (χ3v) is 6.83. The third kappa shape index (κ3) is 6.21. The van der Waals surface area contributed by atoms with Crippen molar-refractivity contribution < 1.29 is 18.7 Å². The number of thioether (sulfide) groups is 1. The summed E-state index contributed by atoms with van der Waals surface area (Å²) < 4.78 is 18.0. The van der Waals surface area contributed by atoms with Crippen LogP contribution < -0.4 is 5.32 Å². The van der Waals surface area contributed by atoms with Crippen LogP contribution in [0.3, 0.4) is 0 Å². The van der Waals surface area contributed by atoms with E-state index in [-0.39, 0.29) is 23.9 Å².